The molecule has 3 N–H and O–H groups in total. The number of unbranched alkanes of at least 4 members (excludes halogenated alkanes) is 2. The van der Waals surface area contributed by atoms with Crippen molar-refractivity contribution in [1.29, 1.82) is 0 Å². The number of aliphatic hydroxyl groups excluding tert-OH is 2. The number of esters is 1. The highest BCUT2D eigenvalue weighted by molar-refractivity contribution is 5.88. The van der Waals surface area contributed by atoms with Crippen LogP contribution in [0.15, 0.2) is 12.2 Å². The molecule has 0 amide bonds. The quantitative estimate of drug-likeness (QED) is 0.272. The molecule has 148 valence electrons. The van der Waals surface area contributed by atoms with Gasteiger partial charge in [-0.2, -0.15) is 0 Å². The Bertz CT molecular complexity index is 500. The van der Waals surface area contributed by atoms with E-state index in [1.165, 1.54) is 0 Å². The van der Waals surface area contributed by atoms with Crippen molar-refractivity contribution in [1.82, 2.24) is 0 Å². The number of carbonyl (C=O) groups excluding carboxylic acids is 2. The van der Waals surface area contributed by atoms with Gasteiger partial charge in [0.1, 0.15) is 5.78 Å². The average Bonchev–Trinajstić information content (AvgIpc) is 2.83. The Labute approximate surface area is 154 Å². The number of carboxylic acid groups (broad SMARTS) is 1. The van der Waals surface area contributed by atoms with Crippen LogP contribution in [-0.4, -0.2) is 51.9 Å². The van der Waals surface area contributed by atoms with Gasteiger partial charge in [-0.25, -0.2) is 0 Å². The summed E-state index contributed by atoms with van der Waals surface area (Å²) in [6.07, 6.45) is 5.31. The minimum Gasteiger partial charge on any atom is -0.481 e. The van der Waals surface area contributed by atoms with E-state index in [0.717, 1.165) is 19.3 Å². The van der Waals surface area contributed by atoms with E-state index >= 15 is 0 Å². The number of ketones is 1. The van der Waals surface area contributed by atoms with Crippen LogP contribution >= 0.6 is 0 Å². The van der Waals surface area contributed by atoms with Gasteiger partial charge in [-0.05, 0) is 12.8 Å². The Morgan fingerprint density at radius 1 is 1.31 bits per heavy atom. The normalized spacial score (nSPS) is 24.1. The fraction of sp³-hybridized carbons (Fsp3) is 0.737. The molecule has 4 atom stereocenters. The number of hydrogen-bond acceptors (Lipinski definition) is 6. The molecule has 1 saturated carbocycles. The molecule has 0 unspecified atom stereocenters. The van der Waals surface area contributed by atoms with E-state index in [-0.39, 0.29) is 38.1 Å². The van der Waals surface area contributed by atoms with Gasteiger partial charge in [0, 0.05) is 24.7 Å². The van der Waals surface area contributed by atoms with Crippen molar-refractivity contribution in [2.45, 2.75) is 70.5 Å². The third kappa shape index (κ3) is 8.10. The monoisotopic (exact) mass is 370 g/mol. The maximum atomic E-state index is 12.1. The minimum atomic E-state index is -0.960. The van der Waals surface area contributed by atoms with E-state index in [2.05, 4.69) is 6.92 Å². The van der Waals surface area contributed by atoms with Gasteiger partial charge in [0.2, 0.25) is 0 Å². The Hall–Kier alpha value is -1.73. The molecule has 7 heteroatoms. The molecule has 0 aliphatic heterocycles. The Kier molecular flexibility index (Phi) is 10.1. The number of Topliss-reactive ketones (excluding diaryl/α,β-unsaturated/α-hetero) is 1. The maximum Gasteiger partial charge on any atom is 0.306 e. The first kappa shape index (κ1) is 22.3. The predicted molar refractivity (Wildman–Crippen MR) is 94.3 cm³/mol. The Morgan fingerprint density at radius 2 is 2.04 bits per heavy atom. The standard InChI is InChI=1S/C19H30O7/c1-2-3-4-6-13(20)8-9-14-15(17(22)12-16(14)21)11-19(25)26-10-5-7-18(23)24/h8-9,13-16,20-21H,2-7,10-12H2,1H3,(H,23,24)/b9-8+/t13-,14-,15-,16-/m1/s1. The van der Waals surface area contributed by atoms with Crippen LogP contribution in [-0.2, 0) is 19.1 Å². The molecule has 0 aromatic carbocycles. The molecule has 0 aromatic heterocycles. The first-order valence-electron chi connectivity index (χ1n) is 9.29. The molecule has 1 aliphatic carbocycles. The summed E-state index contributed by atoms with van der Waals surface area (Å²) in [5, 5.41) is 28.6. The van der Waals surface area contributed by atoms with Crippen molar-refractivity contribution in [2.24, 2.45) is 11.8 Å². The topological polar surface area (TPSA) is 121 Å². The Balaban J connectivity index is 2.51. The summed E-state index contributed by atoms with van der Waals surface area (Å²) in [4.78, 5) is 34.4. The smallest absolute Gasteiger partial charge is 0.306 e. The van der Waals surface area contributed by atoms with E-state index in [1.54, 1.807) is 12.2 Å². The van der Waals surface area contributed by atoms with E-state index in [1.807, 2.05) is 0 Å². The van der Waals surface area contributed by atoms with Crippen molar-refractivity contribution in [3.8, 4) is 0 Å². The number of carboxylic acids is 1. The van der Waals surface area contributed by atoms with Gasteiger partial charge in [-0.15, -0.1) is 0 Å². The third-order valence-electron chi connectivity index (χ3n) is 4.58. The number of hydrogen-bond donors (Lipinski definition) is 3. The maximum absolute atomic E-state index is 12.1. The van der Waals surface area contributed by atoms with Crippen molar-refractivity contribution >= 4 is 17.7 Å². The molecule has 0 spiro atoms. The van der Waals surface area contributed by atoms with Crippen LogP contribution in [0.4, 0.5) is 0 Å². The lowest BCUT2D eigenvalue weighted by Gasteiger charge is -2.17. The lowest BCUT2D eigenvalue weighted by Crippen LogP contribution is -2.23. The Morgan fingerprint density at radius 3 is 2.69 bits per heavy atom. The first-order chi connectivity index (χ1) is 12.3. The van der Waals surface area contributed by atoms with Crippen LogP contribution in [0, 0.1) is 11.8 Å². The number of rotatable bonds is 12. The zero-order valence-electron chi connectivity index (χ0n) is 15.3. The van der Waals surface area contributed by atoms with Gasteiger partial charge in [0.05, 0.1) is 25.2 Å². The molecule has 0 saturated heterocycles. The molecule has 0 heterocycles. The molecule has 0 bridgehead atoms. The van der Waals surface area contributed by atoms with E-state index < -0.39 is 36.0 Å². The van der Waals surface area contributed by atoms with E-state index in [9.17, 15) is 24.6 Å². The summed E-state index contributed by atoms with van der Waals surface area (Å²) in [7, 11) is 0. The summed E-state index contributed by atoms with van der Waals surface area (Å²) < 4.78 is 4.97. The number of carbonyl (C=O) groups is 3. The van der Waals surface area contributed by atoms with Crippen LogP contribution in [0.25, 0.3) is 0 Å². The molecule has 0 aromatic rings. The largest absolute Gasteiger partial charge is 0.481 e. The van der Waals surface area contributed by atoms with Crippen molar-refractivity contribution in [3.63, 3.8) is 0 Å². The molecular weight excluding hydrogens is 340 g/mol. The van der Waals surface area contributed by atoms with Crippen molar-refractivity contribution in [2.75, 3.05) is 6.61 Å². The second-order valence-electron chi connectivity index (χ2n) is 6.79. The molecule has 26 heavy (non-hydrogen) atoms. The number of aliphatic hydroxyl groups is 2. The second-order valence-corrected chi connectivity index (χ2v) is 6.79. The minimum absolute atomic E-state index is 0.00868. The summed E-state index contributed by atoms with van der Waals surface area (Å²) in [6, 6.07) is 0. The second kappa shape index (κ2) is 11.8. The zero-order valence-corrected chi connectivity index (χ0v) is 15.3. The van der Waals surface area contributed by atoms with Gasteiger partial charge in [-0.1, -0.05) is 38.3 Å². The van der Waals surface area contributed by atoms with Crippen LogP contribution in [0.5, 0.6) is 0 Å². The lowest BCUT2D eigenvalue weighted by atomic mass is 9.90. The summed E-state index contributed by atoms with van der Waals surface area (Å²) in [5.41, 5.74) is 0. The van der Waals surface area contributed by atoms with Gasteiger partial charge >= 0.3 is 11.9 Å². The molecule has 1 fully saturated rings. The van der Waals surface area contributed by atoms with Gasteiger partial charge in [-0.3, -0.25) is 14.4 Å². The first-order valence-corrected chi connectivity index (χ1v) is 9.29. The fourth-order valence-electron chi connectivity index (χ4n) is 3.09. The van der Waals surface area contributed by atoms with E-state index in [0.29, 0.717) is 6.42 Å². The van der Waals surface area contributed by atoms with Crippen LogP contribution in [0.2, 0.25) is 0 Å². The molecule has 1 rings (SSSR count). The SMILES string of the molecule is CCCCC[C@@H](O)/C=C/[C@H]1[C@H](O)CC(=O)[C@@H]1CC(=O)OCCCC(=O)O. The lowest BCUT2D eigenvalue weighted by molar-refractivity contribution is -0.147. The summed E-state index contributed by atoms with van der Waals surface area (Å²) in [6.45, 7) is 2.07. The molecule has 1 aliphatic rings. The summed E-state index contributed by atoms with van der Waals surface area (Å²) in [5.74, 6) is -2.93. The average molecular weight is 370 g/mol. The van der Waals surface area contributed by atoms with Crippen LogP contribution < -0.4 is 0 Å². The van der Waals surface area contributed by atoms with Crippen molar-refractivity contribution < 1.29 is 34.4 Å². The van der Waals surface area contributed by atoms with Crippen molar-refractivity contribution in [3.05, 3.63) is 12.2 Å². The molecule has 0 radical (unpaired) electrons. The highest BCUT2D eigenvalue weighted by atomic mass is 16.5. The fourth-order valence-corrected chi connectivity index (χ4v) is 3.09. The zero-order chi connectivity index (χ0) is 19.5. The predicted octanol–water partition coefficient (Wildman–Crippen LogP) is 1.85. The van der Waals surface area contributed by atoms with Gasteiger partial charge < -0.3 is 20.1 Å². The highest BCUT2D eigenvalue weighted by Crippen LogP contribution is 2.33. The van der Waals surface area contributed by atoms with Gasteiger partial charge in [0.25, 0.3) is 0 Å². The number of aliphatic carboxylic acids is 1. The van der Waals surface area contributed by atoms with Gasteiger partial charge in [0.15, 0.2) is 0 Å². The van der Waals surface area contributed by atoms with Crippen LogP contribution in [0.1, 0.15) is 58.3 Å². The third-order valence-corrected chi connectivity index (χ3v) is 4.58. The highest BCUT2D eigenvalue weighted by Gasteiger charge is 2.41. The van der Waals surface area contributed by atoms with Crippen LogP contribution in [0.3, 0.4) is 0 Å². The molecule has 7 nitrogen and oxygen atoms in total. The molecular formula is C19H30O7. The number of ether oxygens (including phenoxy) is 1. The van der Waals surface area contributed by atoms with E-state index in [4.69, 9.17) is 9.84 Å². The summed E-state index contributed by atoms with van der Waals surface area (Å²) >= 11 is 0.